The molecule has 1 atom stereocenters. The predicted octanol–water partition coefficient (Wildman–Crippen LogP) is 5.03. The second kappa shape index (κ2) is 6.52. The van der Waals surface area contributed by atoms with Gasteiger partial charge in [0.15, 0.2) is 0 Å². The summed E-state index contributed by atoms with van der Waals surface area (Å²) in [4.78, 5) is 0. The molecule has 0 N–H and O–H groups in total. The summed E-state index contributed by atoms with van der Waals surface area (Å²) in [5, 5.41) is 5.49. The van der Waals surface area contributed by atoms with Crippen molar-refractivity contribution in [3.8, 4) is 22.7 Å². The Bertz CT molecular complexity index is 887. The average molecular weight is 357 g/mol. The number of rotatable bonds is 3. The number of nitrogens with zero attached hydrogens (tertiary/aromatic N) is 2. The molecule has 0 radical (unpaired) electrons. The Kier molecular flexibility index (Phi) is 4.22. The summed E-state index contributed by atoms with van der Waals surface area (Å²) >= 11 is 6.00. The number of halogens is 2. The number of aromatic nitrogens is 2. The minimum Gasteiger partial charge on any atom is -0.497 e. The molecule has 5 heteroatoms. The monoisotopic (exact) mass is 356 g/mol. The van der Waals surface area contributed by atoms with Crippen LogP contribution in [0.4, 0.5) is 4.39 Å². The molecule has 0 saturated heterocycles. The normalized spacial score (nSPS) is 16.5. The molecule has 128 valence electrons. The molecule has 4 rings (SSSR count). The predicted molar refractivity (Wildman–Crippen MR) is 97.5 cm³/mol. The number of hydrogen-bond acceptors (Lipinski definition) is 2. The topological polar surface area (TPSA) is 27.1 Å². The van der Waals surface area contributed by atoms with Crippen LogP contribution in [0.15, 0.2) is 48.5 Å². The molecule has 3 aromatic rings. The Morgan fingerprint density at radius 2 is 1.84 bits per heavy atom. The van der Waals surface area contributed by atoms with Crippen molar-refractivity contribution in [2.45, 2.75) is 25.4 Å². The zero-order valence-corrected chi connectivity index (χ0v) is 14.6. The molecule has 1 heterocycles. The fraction of sp³-hybridized carbons (Fsp3) is 0.250. The largest absolute Gasteiger partial charge is 0.497 e. The smallest absolute Gasteiger partial charge is 0.119 e. The molecule has 25 heavy (non-hydrogen) atoms. The first-order chi connectivity index (χ1) is 12.2. The molecule has 0 amide bonds. The van der Waals surface area contributed by atoms with E-state index < -0.39 is 6.17 Å². The van der Waals surface area contributed by atoms with Crippen LogP contribution in [0.25, 0.3) is 16.9 Å². The first-order valence-electron chi connectivity index (χ1n) is 8.31. The highest BCUT2D eigenvalue weighted by Gasteiger charge is 2.27. The molecule has 0 aliphatic heterocycles. The van der Waals surface area contributed by atoms with Crippen LogP contribution in [0.5, 0.6) is 5.75 Å². The number of ether oxygens (including phenoxy) is 1. The molecule has 3 nitrogen and oxygen atoms in total. The van der Waals surface area contributed by atoms with Gasteiger partial charge in [-0.1, -0.05) is 23.7 Å². The van der Waals surface area contributed by atoms with Gasteiger partial charge >= 0.3 is 0 Å². The summed E-state index contributed by atoms with van der Waals surface area (Å²) in [6.07, 6.45) is 0.814. The van der Waals surface area contributed by atoms with E-state index >= 15 is 0 Å². The van der Waals surface area contributed by atoms with Gasteiger partial charge in [-0.2, -0.15) is 5.10 Å². The van der Waals surface area contributed by atoms with Crippen LogP contribution >= 0.6 is 11.6 Å². The molecule has 1 aliphatic rings. The summed E-state index contributed by atoms with van der Waals surface area (Å²) in [6, 6.07) is 15.3. The Balaban J connectivity index is 1.84. The van der Waals surface area contributed by atoms with Gasteiger partial charge in [-0.15, -0.1) is 0 Å². The van der Waals surface area contributed by atoms with Gasteiger partial charge in [0.05, 0.1) is 18.5 Å². The first kappa shape index (κ1) is 16.2. The maximum Gasteiger partial charge on any atom is 0.119 e. The maximum atomic E-state index is 14.1. The summed E-state index contributed by atoms with van der Waals surface area (Å²) < 4.78 is 21.2. The highest BCUT2D eigenvalue weighted by atomic mass is 35.5. The van der Waals surface area contributed by atoms with E-state index in [1.54, 1.807) is 7.11 Å². The van der Waals surface area contributed by atoms with Gasteiger partial charge in [-0.3, -0.25) is 0 Å². The molecule has 0 fully saturated rings. The number of fused-ring (bicyclic) bond motifs is 1. The van der Waals surface area contributed by atoms with Crippen molar-refractivity contribution in [1.29, 1.82) is 0 Å². The SMILES string of the molecule is COc1ccc(-n2nc(-c3ccc(Cl)cc3)c3c2CCC(F)C3)cc1. The lowest BCUT2D eigenvalue weighted by Crippen LogP contribution is -2.16. The van der Waals surface area contributed by atoms with Crippen LogP contribution in [0.3, 0.4) is 0 Å². The molecule has 0 spiro atoms. The highest BCUT2D eigenvalue weighted by Crippen LogP contribution is 2.34. The number of alkyl halides is 1. The molecule has 2 aromatic carbocycles. The molecule has 1 aromatic heterocycles. The fourth-order valence-electron chi connectivity index (χ4n) is 3.35. The molecule has 0 saturated carbocycles. The van der Waals surface area contributed by atoms with Crippen LogP contribution in [0.2, 0.25) is 5.02 Å². The summed E-state index contributed by atoms with van der Waals surface area (Å²) in [5.41, 5.74) is 4.84. The van der Waals surface area contributed by atoms with Crippen LogP contribution in [-0.4, -0.2) is 23.1 Å². The minimum atomic E-state index is -0.813. The van der Waals surface area contributed by atoms with Gasteiger partial charge in [0.1, 0.15) is 11.9 Å². The zero-order valence-electron chi connectivity index (χ0n) is 13.9. The van der Waals surface area contributed by atoms with Crippen molar-refractivity contribution in [3.63, 3.8) is 0 Å². The molecule has 1 unspecified atom stereocenters. The summed E-state index contributed by atoms with van der Waals surface area (Å²) in [5.74, 6) is 0.798. The van der Waals surface area contributed by atoms with Crippen molar-refractivity contribution in [3.05, 3.63) is 64.8 Å². The second-order valence-electron chi connectivity index (χ2n) is 6.23. The lowest BCUT2D eigenvalue weighted by atomic mass is 9.92. The van der Waals surface area contributed by atoms with Gasteiger partial charge in [-0.25, -0.2) is 9.07 Å². The molecule has 0 bridgehead atoms. The van der Waals surface area contributed by atoms with E-state index in [0.29, 0.717) is 24.3 Å². The summed E-state index contributed by atoms with van der Waals surface area (Å²) in [6.45, 7) is 0. The third-order valence-corrected chi connectivity index (χ3v) is 4.90. The third kappa shape index (κ3) is 3.02. The van der Waals surface area contributed by atoms with E-state index in [1.807, 2.05) is 53.2 Å². The Morgan fingerprint density at radius 3 is 2.52 bits per heavy atom. The van der Waals surface area contributed by atoms with Gasteiger partial charge in [0, 0.05) is 28.3 Å². The van der Waals surface area contributed by atoms with Crippen molar-refractivity contribution in [2.75, 3.05) is 7.11 Å². The van der Waals surface area contributed by atoms with Crippen molar-refractivity contribution in [2.24, 2.45) is 0 Å². The van der Waals surface area contributed by atoms with E-state index in [2.05, 4.69) is 0 Å². The van der Waals surface area contributed by atoms with E-state index in [1.165, 1.54) is 0 Å². The number of hydrogen-bond donors (Lipinski definition) is 0. The Labute approximate surface area is 151 Å². The van der Waals surface area contributed by atoms with Crippen LogP contribution in [-0.2, 0) is 12.8 Å². The minimum absolute atomic E-state index is 0.406. The third-order valence-electron chi connectivity index (χ3n) is 4.64. The second-order valence-corrected chi connectivity index (χ2v) is 6.67. The van der Waals surface area contributed by atoms with Gasteiger partial charge in [0.25, 0.3) is 0 Å². The van der Waals surface area contributed by atoms with Gasteiger partial charge in [0.2, 0.25) is 0 Å². The number of methoxy groups -OCH3 is 1. The van der Waals surface area contributed by atoms with E-state index in [4.69, 9.17) is 21.4 Å². The maximum absolute atomic E-state index is 14.1. The highest BCUT2D eigenvalue weighted by molar-refractivity contribution is 6.30. The average Bonchev–Trinajstić information content (AvgIpc) is 3.01. The Morgan fingerprint density at radius 1 is 1.12 bits per heavy atom. The zero-order chi connectivity index (χ0) is 17.4. The quantitative estimate of drug-likeness (QED) is 0.658. The van der Waals surface area contributed by atoms with Crippen molar-refractivity contribution in [1.82, 2.24) is 9.78 Å². The molecular formula is C20H18ClFN2O. The van der Waals surface area contributed by atoms with Gasteiger partial charge < -0.3 is 4.74 Å². The number of benzene rings is 2. The fourth-order valence-corrected chi connectivity index (χ4v) is 3.48. The first-order valence-corrected chi connectivity index (χ1v) is 8.68. The van der Waals surface area contributed by atoms with Crippen molar-refractivity contribution >= 4 is 11.6 Å². The van der Waals surface area contributed by atoms with Gasteiger partial charge in [-0.05, 0) is 49.2 Å². The van der Waals surface area contributed by atoms with Crippen LogP contribution in [0.1, 0.15) is 17.7 Å². The summed E-state index contributed by atoms with van der Waals surface area (Å²) in [7, 11) is 1.64. The lowest BCUT2D eigenvalue weighted by Gasteiger charge is -2.18. The molecular weight excluding hydrogens is 339 g/mol. The Hall–Kier alpha value is -2.33. The van der Waals surface area contributed by atoms with E-state index in [9.17, 15) is 4.39 Å². The van der Waals surface area contributed by atoms with Crippen LogP contribution < -0.4 is 4.74 Å². The van der Waals surface area contributed by atoms with Crippen LogP contribution in [0, 0.1) is 0 Å². The van der Waals surface area contributed by atoms with E-state index in [0.717, 1.165) is 34.0 Å². The van der Waals surface area contributed by atoms with Crippen molar-refractivity contribution < 1.29 is 9.13 Å². The van der Waals surface area contributed by atoms with E-state index in [-0.39, 0.29) is 0 Å². The molecule has 1 aliphatic carbocycles. The standard InChI is InChI=1S/C20H18ClFN2O/c1-25-17-9-7-16(8-10-17)24-19-11-6-15(22)12-18(19)20(23-24)13-2-4-14(21)5-3-13/h2-5,7-10,15H,6,11-12H2,1H3. The lowest BCUT2D eigenvalue weighted by molar-refractivity contribution is 0.300.